The van der Waals surface area contributed by atoms with Crippen LogP contribution < -0.4 is 5.19 Å². The van der Waals surface area contributed by atoms with E-state index >= 15 is 0 Å². The molecule has 0 N–H and O–H groups in total. The molecule has 0 atom stereocenters. The van der Waals surface area contributed by atoms with Crippen molar-refractivity contribution in [1.29, 1.82) is 0 Å². The minimum atomic E-state index is -1.25. The Balaban J connectivity index is 2.51. The van der Waals surface area contributed by atoms with Crippen molar-refractivity contribution in [3.63, 3.8) is 0 Å². The lowest BCUT2D eigenvalue weighted by molar-refractivity contribution is -0.118. The van der Waals surface area contributed by atoms with Crippen molar-refractivity contribution in [3.05, 3.63) is 29.3 Å². The number of ketones is 1. The molecule has 0 saturated heterocycles. The van der Waals surface area contributed by atoms with Crippen molar-refractivity contribution in [3.8, 4) is 0 Å². The second-order valence-corrected chi connectivity index (χ2v) is 10.4. The highest BCUT2D eigenvalue weighted by molar-refractivity contribution is 6.89. The molecule has 1 aliphatic rings. The van der Waals surface area contributed by atoms with Crippen molar-refractivity contribution in [1.82, 2.24) is 0 Å². The number of carbonyl (C=O) groups is 1. The quantitative estimate of drug-likeness (QED) is 0.661. The SMILES string of the molecule is C[Si](C)(C)c1cccc2c1CCC(=O)C2. The van der Waals surface area contributed by atoms with E-state index in [1.165, 1.54) is 11.1 Å². The van der Waals surface area contributed by atoms with Gasteiger partial charge in [0.15, 0.2) is 0 Å². The summed E-state index contributed by atoms with van der Waals surface area (Å²) in [6.07, 6.45) is 2.37. The van der Waals surface area contributed by atoms with Crippen LogP contribution in [0.2, 0.25) is 19.6 Å². The van der Waals surface area contributed by atoms with E-state index < -0.39 is 8.07 Å². The summed E-state index contributed by atoms with van der Waals surface area (Å²) in [4.78, 5) is 11.4. The van der Waals surface area contributed by atoms with Crippen LogP contribution >= 0.6 is 0 Å². The molecule has 2 heteroatoms. The summed E-state index contributed by atoms with van der Waals surface area (Å²) < 4.78 is 0. The molecule has 0 amide bonds. The first-order chi connectivity index (χ1) is 6.98. The minimum Gasteiger partial charge on any atom is -0.299 e. The number of benzene rings is 1. The van der Waals surface area contributed by atoms with Gasteiger partial charge in [-0.15, -0.1) is 0 Å². The molecule has 0 heterocycles. The molecule has 1 aromatic rings. The van der Waals surface area contributed by atoms with E-state index in [4.69, 9.17) is 0 Å². The number of hydrogen-bond acceptors (Lipinski definition) is 1. The zero-order valence-electron chi connectivity index (χ0n) is 9.76. The van der Waals surface area contributed by atoms with Crippen molar-refractivity contribution >= 4 is 19.0 Å². The molecule has 15 heavy (non-hydrogen) atoms. The third kappa shape index (κ3) is 2.05. The molecule has 80 valence electrons. The molecule has 1 nitrogen and oxygen atoms in total. The van der Waals surface area contributed by atoms with Crippen molar-refractivity contribution < 1.29 is 4.79 Å². The van der Waals surface area contributed by atoms with Gasteiger partial charge in [-0.3, -0.25) is 4.79 Å². The van der Waals surface area contributed by atoms with Gasteiger partial charge >= 0.3 is 0 Å². The minimum absolute atomic E-state index is 0.398. The van der Waals surface area contributed by atoms with E-state index in [1.807, 2.05) is 0 Å². The summed E-state index contributed by atoms with van der Waals surface area (Å²) in [5, 5.41) is 1.55. The Hall–Kier alpha value is -0.893. The highest BCUT2D eigenvalue weighted by Gasteiger charge is 2.24. The normalized spacial score (nSPS) is 16.3. The largest absolute Gasteiger partial charge is 0.299 e. The lowest BCUT2D eigenvalue weighted by atomic mass is 9.91. The van der Waals surface area contributed by atoms with Crippen molar-refractivity contribution in [2.45, 2.75) is 38.9 Å². The van der Waals surface area contributed by atoms with Gasteiger partial charge in [0.25, 0.3) is 0 Å². The summed E-state index contributed by atoms with van der Waals surface area (Å²) in [6.45, 7) is 7.12. The lowest BCUT2D eigenvalue weighted by Crippen LogP contribution is -2.41. The van der Waals surface area contributed by atoms with Gasteiger partial charge in [-0.1, -0.05) is 43.0 Å². The van der Waals surface area contributed by atoms with E-state index in [9.17, 15) is 4.79 Å². The van der Waals surface area contributed by atoms with Crippen LogP contribution in [0.3, 0.4) is 0 Å². The number of fused-ring (bicyclic) bond motifs is 1. The number of Topliss-reactive ketones (excluding diaryl/α,β-unsaturated/α-hetero) is 1. The molecular weight excluding hydrogens is 200 g/mol. The first-order valence-electron chi connectivity index (χ1n) is 5.61. The summed E-state index contributed by atoms with van der Waals surface area (Å²) in [6, 6.07) is 6.50. The second-order valence-electron chi connectivity index (χ2n) is 5.41. The van der Waals surface area contributed by atoms with Crippen LogP contribution in [0.25, 0.3) is 0 Å². The standard InChI is InChI=1S/C13H18OSi/c1-15(2,3)13-6-4-5-10-9-11(14)7-8-12(10)13/h4-6H,7-9H2,1-3H3. The van der Waals surface area contributed by atoms with Gasteiger partial charge in [0.05, 0.1) is 8.07 Å². The Labute approximate surface area is 92.5 Å². The molecule has 2 rings (SSSR count). The van der Waals surface area contributed by atoms with E-state index in [-0.39, 0.29) is 0 Å². The lowest BCUT2D eigenvalue weighted by Gasteiger charge is -2.25. The Kier molecular flexibility index (Phi) is 2.55. The maximum Gasteiger partial charge on any atom is 0.137 e. The molecular formula is C13H18OSi. The van der Waals surface area contributed by atoms with Crippen LogP contribution in [0.5, 0.6) is 0 Å². The third-order valence-corrected chi connectivity index (χ3v) is 5.21. The maximum absolute atomic E-state index is 11.4. The fourth-order valence-electron chi connectivity index (χ4n) is 2.36. The topological polar surface area (TPSA) is 17.1 Å². The van der Waals surface area contributed by atoms with Gasteiger partial charge in [-0.25, -0.2) is 0 Å². The van der Waals surface area contributed by atoms with E-state index in [2.05, 4.69) is 37.8 Å². The Morgan fingerprint density at radius 2 is 1.87 bits per heavy atom. The number of carbonyl (C=O) groups excluding carboxylic acids is 1. The molecule has 1 aromatic carbocycles. The highest BCUT2D eigenvalue weighted by atomic mass is 28.3. The Morgan fingerprint density at radius 1 is 1.13 bits per heavy atom. The van der Waals surface area contributed by atoms with Crippen molar-refractivity contribution in [2.75, 3.05) is 0 Å². The molecule has 0 aromatic heterocycles. The molecule has 0 spiro atoms. The molecule has 0 unspecified atom stereocenters. The first-order valence-corrected chi connectivity index (χ1v) is 9.11. The Morgan fingerprint density at radius 3 is 2.53 bits per heavy atom. The van der Waals surface area contributed by atoms with Crippen LogP contribution in [0.1, 0.15) is 17.5 Å². The molecule has 0 saturated carbocycles. The number of rotatable bonds is 1. The molecule has 0 radical (unpaired) electrons. The average molecular weight is 218 g/mol. The first kappa shape index (κ1) is 10.6. The summed E-state index contributed by atoms with van der Waals surface area (Å²) in [7, 11) is -1.25. The van der Waals surface area contributed by atoms with Crippen LogP contribution in [-0.2, 0) is 17.6 Å². The van der Waals surface area contributed by atoms with Crippen LogP contribution in [0, 0.1) is 0 Å². The predicted molar refractivity (Wildman–Crippen MR) is 66.5 cm³/mol. The summed E-state index contributed by atoms with van der Waals surface area (Å²) in [5.41, 5.74) is 2.77. The maximum atomic E-state index is 11.4. The van der Waals surface area contributed by atoms with Crippen LogP contribution in [0.4, 0.5) is 0 Å². The van der Waals surface area contributed by atoms with Gasteiger partial charge in [-0.05, 0) is 17.5 Å². The van der Waals surface area contributed by atoms with Gasteiger partial charge in [-0.2, -0.15) is 0 Å². The smallest absolute Gasteiger partial charge is 0.137 e. The summed E-state index contributed by atoms with van der Waals surface area (Å²) in [5.74, 6) is 0.398. The Bertz CT molecular complexity index is 401. The van der Waals surface area contributed by atoms with Gasteiger partial charge in [0, 0.05) is 12.8 Å². The molecule has 0 bridgehead atoms. The van der Waals surface area contributed by atoms with E-state index in [0.29, 0.717) is 12.2 Å². The fourth-order valence-corrected chi connectivity index (χ4v) is 4.15. The van der Waals surface area contributed by atoms with Gasteiger partial charge in [0.2, 0.25) is 0 Å². The highest BCUT2D eigenvalue weighted by Crippen LogP contribution is 2.20. The third-order valence-electron chi connectivity index (χ3n) is 3.12. The number of hydrogen-bond donors (Lipinski definition) is 0. The molecule has 0 fully saturated rings. The fraction of sp³-hybridized carbons (Fsp3) is 0.462. The van der Waals surface area contributed by atoms with Crippen LogP contribution in [0.15, 0.2) is 18.2 Å². The van der Waals surface area contributed by atoms with Crippen molar-refractivity contribution in [2.24, 2.45) is 0 Å². The van der Waals surface area contributed by atoms with Gasteiger partial charge < -0.3 is 0 Å². The second kappa shape index (κ2) is 3.60. The zero-order chi connectivity index (χ0) is 11.1. The van der Waals surface area contributed by atoms with Crippen LogP contribution in [-0.4, -0.2) is 13.9 Å². The molecule has 0 aliphatic heterocycles. The molecule has 1 aliphatic carbocycles. The van der Waals surface area contributed by atoms with Gasteiger partial charge in [0.1, 0.15) is 5.78 Å². The predicted octanol–water partition coefficient (Wildman–Crippen LogP) is 2.29. The summed E-state index contributed by atoms with van der Waals surface area (Å²) >= 11 is 0. The van der Waals surface area contributed by atoms with E-state index in [0.717, 1.165) is 12.8 Å². The van der Waals surface area contributed by atoms with E-state index in [1.54, 1.807) is 5.19 Å². The monoisotopic (exact) mass is 218 g/mol. The zero-order valence-corrected chi connectivity index (χ0v) is 10.8. The average Bonchev–Trinajstić information content (AvgIpc) is 2.15.